The third-order valence-corrected chi connectivity index (χ3v) is 5.89. The molecular formula is C25H25N5O3S. The van der Waals surface area contributed by atoms with Gasteiger partial charge in [-0.15, -0.1) is 5.10 Å². The molecule has 0 aliphatic heterocycles. The number of benzene rings is 3. The molecule has 0 atom stereocenters. The average molecular weight is 476 g/mol. The van der Waals surface area contributed by atoms with Crippen LogP contribution in [0.5, 0.6) is 11.5 Å². The van der Waals surface area contributed by atoms with Crippen molar-refractivity contribution in [1.82, 2.24) is 25.5 Å². The van der Waals surface area contributed by atoms with E-state index in [-0.39, 0.29) is 11.7 Å². The average Bonchev–Trinajstić information content (AvgIpc) is 3.34. The predicted octanol–water partition coefficient (Wildman–Crippen LogP) is 3.97. The van der Waals surface area contributed by atoms with E-state index in [0.29, 0.717) is 29.8 Å². The van der Waals surface area contributed by atoms with Crippen LogP contribution in [0.2, 0.25) is 0 Å². The topological polar surface area (TPSA) is 91.2 Å². The molecule has 3 aromatic carbocycles. The zero-order valence-electron chi connectivity index (χ0n) is 19.0. The number of tetrazole rings is 1. The Balaban J connectivity index is 1.30. The lowest BCUT2D eigenvalue weighted by Crippen LogP contribution is -2.24. The lowest BCUT2D eigenvalue weighted by Gasteiger charge is -2.13. The summed E-state index contributed by atoms with van der Waals surface area (Å²) in [5.74, 6) is 1.35. The highest BCUT2D eigenvalue weighted by atomic mass is 32.2. The number of hydrogen-bond acceptors (Lipinski definition) is 7. The van der Waals surface area contributed by atoms with Gasteiger partial charge in [0.05, 0.1) is 18.6 Å². The summed E-state index contributed by atoms with van der Waals surface area (Å²) in [4.78, 5) is 12.4. The molecule has 9 heteroatoms. The molecule has 0 saturated carbocycles. The highest BCUT2D eigenvalue weighted by Crippen LogP contribution is 2.29. The standard InChI is InChI=1S/C25H25N5O3S/c1-18-7-6-10-21(13-18)30-25(27-28-29-30)34-17-24(31)26-15-20-11-12-22(23(14-20)32-2)33-16-19-8-4-3-5-9-19/h3-14H,15-17H2,1-2H3,(H,26,31). The van der Waals surface area contributed by atoms with Gasteiger partial charge in [-0.05, 0) is 58.3 Å². The summed E-state index contributed by atoms with van der Waals surface area (Å²) >= 11 is 1.28. The van der Waals surface area contributed by atoms with Crippen LogP contribution in [0.15, 0.2) is 78.0 Å². The van der Waals surface area contributed by atoms with Crippen molar-refractivity contribution in [2.24, 2.45) is 0 Å². The normalized spacial score (nSPS) is 10.6. The van der Waals surface area contributed by atoms with Crippen molar-refractivity contribution in [2.75, 3.05) is 12.9 Å². The van der Waals surface area contributed by atoms with Gasteiger partial charge in [0.25, 0.3) is 0 Å². The monoisotopic (exact) mass is 475 g/mol. The molecule has 0 aliphatic rings. The lowest BCUT2D eigenvalue weighted by atomic mass is 10.2. The third kappa shape index (κ3) is 6.14. The first kappa shape index (κ1) is 23.3. The first-order valence-electron chi connectivity index (χ1n) is 10.7. The van der Waals surface area contributed by atoms with Crippen LogP contribution in [0, 0.1) is 6.92 Å². The zero-order valence-corrected chi connectivity index (χ0v) is 19.8. The fourth-order valence-electron chi connectivity index (χ4n) is 3.25. The van der Waals surface area contributed by atoms with E-state index in [0.717, 1.165) is 22.4 Å². The molecule has 1 heterocycles. The van der Waals surface area contributed by atoms with Gasteiger partial charge in [-0.1, -0.05) is 60.3 Å². The Morgan fingerprint density at radius 1 is 1.00 bits per heavy atom. The molecule has 8 nitrogen and oxygen atoms in total. The molecule has 1 aromatic heterocycles. The second-order valence-corrected chi connectivity index (χ2v) is 8.48. The first-order valence-corrected chi connectivity index (χ1v) is 11.7. The van der Waals surface area contributed by atoms with Crippen LogP contribution in [0.1, 0.15) is 16.7 Å². The molecule has 0 fully saturated rings. The maximum atomic E-state index is 12.4. The smallest absolute Gasteiger partial charge is 0.230 e. The van der Waals surface area contributed by atoms with E-state index in [1.165, 1.54) is 11.8 Å². The summed E-state index contributed by atoms with van der Waals surface area (Å²) in [5, 5.41) is 15.3. The van der Waals surface area contributed by atoms with Crippen LogP contribution < -0.4 is 14.8 Å². The summed E-state index contributed by atoms with van der Waals surface area (Å²) < 4.78 is 13.0. The molecular weight excluding hydrogens is 450 g/mol. The number of nitrogens with zero attached hydrogens (tertiary/aromatic N) is 4. The number of methoxy groups -OCH3 is 1. The molecule has 174 valence electrons. The number of aryl methyl sites for hydroxylation is 1. The number of carbonyl (C=O) groups excluding carboxylic acids is 1. The summed E-state index contributed by atoms with van der Waals surface area (Å²) in [6.07, 6.45) is 0. The van der Waals surface area contributed by atoms with Gasteiger partial charge in [0.2, 0.25) is 11.1 Å². The molecule has 34 heavy (non-hydrogen) atoms. The van der Waals surface area contributed by atoms with Crippen molar-refractivity contribution in [3.8, 4) is 17.2 Å². The van der Waals surface area contributed by atoms with Crippen LogP contribution >= 0.6 is 11.8 Å². The van der Waals surface area contributed by atoms with Crippen molar-refractivity contribution in [1.29, 1.82) is 0 Å². The van der Waals surface area contributed by atoms with Gasteiger partial charge >= 0.3 is 0 Å². The number of ether oxygens (including phenoxy) is 2. The minimum Gasteiger partial charge on any atom is -0.493 e. The Morgan fingerprint density at radius 3 is 2.65 bits per heavy atom. The number of rotatable bonds is 10. The van der Waals surface area contributed by atoms with Crippen LogP contribution in [-0.4, -0.2) is 39.0 Å². The van der Waals surface area contributed by atoms with Crippen LogP contribution in [0.25, 0.3) is 5.69 Å². The van der Waals surface area contributed by atoms with Gasteiger partial charge < -0.3 is 14.8 Å². The van der Waals surface area contributed by atoms with Crippen molar-refractivity contribution in [2.45, 2.75) is 25.2 Å². The zero-order chi connectivity index (χ0) is 23.8. The van der Waals surface area contributed by atoms with E-state index in [2.05, 4.69) is 20.8 Å². The number of thioether (sulfide) groups is 1. The van der Waals surface area contributed by atoms with Gasteiger partial charge in [0.15, 0.2) is 11.5 Å². The largest absolute Gasteiger partial charge is 0.493 e. The van der Waals surface area contributed by atoms with Crippen molar-refractivity contribution >= 4 is 17.7 Å². The van der Waals surface area contributed by atoms with Crippen LogP contribution in [0.3, 0.4) is 0 Å². The SMILES string of the molecule is COc1cc(CNC(=O)CSc2nnnn2-c2cccc(C)c2)ccc1OCc1ccccc1. The molecule has 0 saturated heterocycles. The Labute approximate surface area is 202 Å². The summed E-state index contributed by atoms with van der Waals surface area (Å²) in [6, 6.07) is 23.4. The Bertz CT molecular complexity index is 1250. The third-order valence-electron chi connectivity index (χ3n) is 4.97. The number of amides is 1. The fourth-order valence-corrected chi connectivity index (χ4v) is 3.97. The van der Waals surface area contributed by atoms with E-state index in [1.54, 1.807) is 11.8 Å². The molecule has 4 aromatic rings. The molecule has 0 bridgehead atoms. The molecule has 1 N–H and O–H groups in total. The van der Waals surface area contributed by atoms with Gasteiger partial charge in [0.1, 0.15) is 6.61 Å². The highest BCUT2D eigenvalue weighted by Gasteiger charge is 2.12. The number of carbonyl (C=O) groups is 1. The molecule has 0 spiro atoms. The molecule has 4 rings (SSSR count). The summed E-state index contributed by atoms with van der Waals surface area (Å²) in [6.45, 7) is 2.83. The van der Waals surface area contributed by atoms with Crippen LogP contribution in [-0.2, 0) is 17.9 Å². The molecule has 0 unspecified atom stereocenters. The molecule has 0 radical (unpaired) electrons. The van der Waals surface area contributed by atoms with E-state index in [1.807, 2.05) is 79.7 Å². The summed E-state index contributed by atoms with van der Waals surface area (Å²) in [5.41, 5.74) is 3.95. The quantitative estimate of drug-likeness (QED) is 0.347. The summed E-state index contributed by atoms with van der Waals surface area (Å²) in [7, 11) is 1.60. The van der Waals surface area contributed by atoms with Crippen LogP contribution in [0.4, 0.5) is 0 Å². The van der Waals surface area contributed by atoms with Crippen molar-refractivity contribution < 1.29 is 14.3 Å². The first-order chi connectivity index (χ1) is 16.6. The fraction of sp³-hybridized carbons (Fsp3) is 0.200. The number of nitrogens with one attached hydrogen (secondary N) is 1. The predicted molar refractivity (Wildman–Crippen MR) is 130 cm³/mol. The van der Waals surface area contributed by atoms with Crippen molar-refractivity contribution in [3.05, 3.63) is 89.5 Å². The van der Waals surface area contributed by atoms with E-state index >= 15 is 0 Å². The minimum atomic E-state index is -0.118. The maximum Gasteiger partial charge on any atom is 0.230 e. The number of hydrogen-bond donors (Lipinski definition) is 1. The van der Waals surface area contributed by atoms with Gasteiger partial charge in [-0.25, -0.2) is 0 Å². The van der Waals surface area contributed by atoms with E-state index in [9.17, 15) is 4.79 Å². The number of aromatic nitrogens is 4. The van der Waals surface area contributed by atoms with Crippen molar-refractivity contribution in [3.63, 3.8) is 0 Å². The highest BCUT2D eigenvalue weighted by molar-refractivity contribution is 7.99. The second-order valence-electron chi connectivity index (χ2n) is 7.54. The second kappa shape index (κ2) is 11.3. The Hall–Kier alpha value is -3.85. The Morgan fingerprint density at radius 2 is 1.85 bits per heavy atom. The maximum absolute atomic E-state index is 12.4. The van der Waals surface area contributed by atoms with E-state index in [4.69, 9.17) is 9.47 Å². The van der Waals surface area contributed by atoms with Gasteiger partial charge in [0, 0.05) is 6.54 Å². The van der Waals surface area contributed by atoms with Gasteiger partial charge in [-0.2, -0.15) is 4.68 Å². The van der Waals surface area contributed by atoms with Gasteiger partial charge in [-0.3, -0.25) is 4.79 Å². The molecule has 0 aliphatic carbocycles. The minimum absolute atomic E-state index is 0.118. The lowest BCUT2D eigenvalue weighted by molar-refractivity contribution is -0.118. The Kier molecular flexibility index (Phi) is 7.77. The van der Waals surface area contributed by atoms with E-state index < -0.39 is 0 Å². The molecule has 1 amide bonds.